The number of hydrogen-bond donors (Lipinski definition) is 3. The molecule has 6 heteroatoms. The molecule has 6 nitrogen and oxygen atoms in total. The molecule has 1 aliphatic rings. The number of anilines is 2. The molecule has 1 saturated carbocycles. The molecule has 146 valence electrons. The van der Waals surface area contributed by atoms with Crippen molar-refractivity contribution in [2.45, 2.75) is 45.2 Å². The topological polar surface area (TPSA) is 73.3 Å². The Balaban J connectivity index is 1.40. The highest BCUT2D eigenvalue weighted by molar-refractivity contribution is 5.41. The number of nitrogens with one attached hydrogen (secondary N) is 2. The van der Waals surface area contributed by atoms with E-state index in [-0.39, 0.29) is 0 Å². The van der Waals surface area contributed by atoms with E-state index in [0.717, 1.165) is 49.2 Å². The fraction of sp³-hybridized carbons (Fsp3) is 0.524. The molecule has 0 saturated heterocycles. The van der Waals surface area contributed by atoms with Gasteiger partial charge in [0.25, 0.3) is 0 Å². The van der Waals surface area contributed by atoms with Crippen molar-refractivity contribution in [3.63, 3.8) is 0 Å². The molecular weight excluding hydrogens is 338 g/mol. The Labute approximate surface area is 162 Å². The summed E-state index contributed by atoms with van der Waals surface area (Å²) in [7, 11) is 3.98. The molecule has 0 amide bonds. The van der Waals surface area contributed by atoms with Crippen molar-refractivity contribution in [3.05, 3.63) is 41.6 Å². The monoisotopic (exact) mass is 369 g/mol. The Morgan fingerprint density at radius 2 is 1.93 bits per heavy atom. The van der Waals surface area contributed by atoms with Crippen molar-refractivity contribution >= 4 is 11.8 Å². The van der Waals surface area contributed by atoms with Gasteiger partial charge in [0.15, 0.2) is 0 Å². The standard InChI is InChI=1S/C21H31N5O/c1-15-12-17(6-9-19(15)27)14-22-13-16-4-7-18(8-5-16)24-21-23-11-10-20(25-21)26(2)3/h6,9-12,16,18,22,27H,4-5,7-8,13-14H2,1-3H3,(H,23,24,25)/t16-,18+. The van der Waals surface area contributed by atoms with Crippen LogP contribution in [-0.2, 0) is 6.54 Å². The van der Waals surface area contributed by atoms with Crippen LogP contribution in [0.3, 0.4) is 0 Å². The number of hydrogen-bond acceptors (Lipinski definition) is 6. The van der Waals surface area contributed by atoms with E-state index in [0.29, 0.717) is 11.8 Å². The largest absolute Gasteiger partial charge is 0.508 e. The number of nitrogens with zero attached hydrogens (tertiary/aromatic N) is 3. The average Bonchev–Trinajstić information content (AvgIpc) is 2.66. The molecule has 3 rings (SSSR count). The van der Waals surface area contributed by atoms with Crippen LogP contribution in [0.5, 0.6) is 5.75 Å². The van der Waals surface area contributed by atoms with Crippen LogP contribution in [0.15, 0.2) is 30.5 Å². The van der Waals surface area contributed by atoms with Crippen molar-refractivity contribution in [1.82, 2.24) is 15.3 Å². The molecule has 27 heavy (non-hydrogen) atoms. The third kappa shape index (κ3) is 5.57. The highest BCUT2D eigenvalue weighted by atomic mass is 16.3. The zero-order valence-corrected chi connectivity index (χ0v) is 16.6. The molecule has 0 aliphatic heterocycles. The molecular formula is C21H31N5O. The minimum Gasteiger partial charge on any atom is -0.508 e. The van der Waals surface area contributed by atoms with Crippen LogP contribution in [0, 0.1) is 12.8 Å². The van der Waals surface area contributed by atoms with Crippen LogP contribution >= 0.6 is 0 Å². The molecule has 1 fully saturated rings. The lowest BCUT2D eigenvalue weighted by Crippen LogP contribution is -2.31. The summed E-state index contributed by atoms with van der Waals surface area (Å²) in [6.07, 6.45) is 6.55. The lowest BCUT2D eigenvalue weighted by molar-refractivity contribution is 0.323. The number of aromatic hydroxyl groups is 1. The van der Waals surface area contributed by atoms with Crippen molar-refractivity contribution in [1.29, 1.82) is 0 Å². The number of aryl methyl sites for hydroxylation is 1. The van der Waals surface area contributed by atoms with E-state index in [2.05, 4.69) is 20.6 Å². The summed E-state index contributed by atoms with van der Waals surface area (Å²) >= 11 is 0. The second-order valence-corrected chi connectivity index (χ2v) is 7.75. The van der Waals surface area contributed by atoms with Gasteiger partial charge in [0.05, 0.1) is 0 Å². The van der Waals surface area contributed by atoms with Crippen molar-refractivity contribution in [3.8, 4) is 5.75 Å². The van der Waals surface area contributed by atoms with E-state index < -0.39 is 0 Å². The van der Waals surface area contributed by atoms with Gasteiger partial charge in [0, 0.05) is 32.9 Å². The van der Waals surface area contributed by atoms with Crippen LogP contribution in [-0.4, -0.2) is 41.8 Å². The summed E-state index contributed by atoms with van der Waals surface area (Å²) in [4.78, 5) is 10.9. The summed E-state index contributed by atoms with van der Waals surface area (Å²) in [6, 6.07) is 8.18. The molecule has 1 aromatic heterocycles. The normalized spacial score (nSPS) is 19.7. The first-order valence-electron chi connectivity index (χ1n) is 9.77. The summed E-state index contributed by atoms with van der Waals surface area (Å²) < 4.78 is 0. The molecule has 2 aromatic rings. The first-order valence-corrected chi connectivity index (χ1v) is 9.77. The molecule has 0 atom stereocenters. The van der Waals surface area contributed by atoms with E-state index in [1.54, 1.807) is 6.07 Å². The SMILES string of the molecule is Cc1cc(CNC[C@H]2CC[C@@H](Nc3nccc(N(C)C)n3)CC2)ccc1O. The molecule has 3 N–H and O–H groups in total. The first kappa shape index (κ1) is 19.4. The van der Waals surface area contributed by atoms with Gasteiger partial charge < -0.3 is 20.6 Å². The van der Waals surface area contributed by atoms with Crippen molar-refractivity contribution in [2.75, 3.05) is 30.9 Å². The van der Waals surface area contributed by atoms with Gasteiger partial charge in [-0.1, -0.05) is 12.1 Å². The average molecular weight is 370 g/mol. The van der Waals surface area contributed by atoms with Crippen molar-refractivity contribution in [2.24, 2.45) is 5.92 Å². The van der Waals surface area contributed by atoms with E-state index in [1.807, 2.05) is 50.3 Å². The number of aromatic nitrogens is 2. The number of phenols is 1. The van der Waals surface area contributed by atoms with Crippen molar-refractivity contribution < 1.29 is 5.11 Å². The van der Waals surface area contributed by atoms with Gasteiger partial charge in [0.2, 0.25) is 5.95 Å². The maximum absolute atomic E-state index is 9.61. The fourth-order valence-corrected chi connectivity index (χ4v) is 3.61. The summed E-state index contributed by atoms with van der Waals surface area (Å²) in [5.74, 6) is 2.74. The van der Waals surface area contributed by atoms with Gasteiger partial charge in [-0.15, -0.1) is 0 Å². The lowest BCUT2D eigenvalue weighted by atomic mass is 9.86. The Kier molecular flexibility index (Phi) is 6.50. The zero-order chi connectivity index (χ0) is 19.2. The van der Waals surface area contributed by atoms with Crippen LogP contribution in [0.1, 0.15) is 36.8 Å². The predicted octanol–water partition coefficient (Wildman–Crippen LogP) is 3.32. The molecule has 0 spiro atoms. The second kappa shape index (κ2) is 9.04. The molecule has 0 bridgehead atoms. The molecule has 0 unspecified atom stereocenters. The van der Waals surface area contributed by atoms with Crippen LogP contribution in [0.25, 0.3) is 0 Å². The van der Waals surface area contributed by atoms with Crippen LogP contribution in [0.2, 0.25) is 0 Å². The summed E-state index contributed by atoms with van der Waals surface area (Å²) in [5.41, 5.74) is 2.15. The Morgan fingerprint density at radius 1 is 1.15 bits per heavy atom. The summed E-state index contributed by atoms with van der Waals surface area (Å²) in [5, 5.41) is 16.7. The van der Waals surface area contributed by atoms with Gasteiger partial charge in [0.1, 0.15) is 11.6 Å². The molecule has 1 heterocycles. The van der Waals surface area contributed by atoms with E-state index in [4.69, 9.17) is 0 Å². The minimum atomic E-state index is 0.365. The van der Waals surface area contributed by atoms with Gasteiger partial charge >= 0.3 is 0 Å². The van der Waals surface area contributed by atoms with Gasteiger partial charge in [-0.2, -0.15) is 4.98 Å². The highest BCUT2D eigenvalue weighted by Crippen LogP contribution is 2.26. The Hall–Kier alpha value is -2.34. The second-order valence-electron chi connectivity index (χ2n) is 7.75. The maximum atomic E-state index is 9.61. The fourth-order valence-electron chi connectivity index (χ4n) is 3.61. The zero-order valence-electron chi connectivity index (χ0n) is 16.6. The number of phenolic OH excluding ortho intramolecular Hbond substituents is 1. The number of benzene rings is 1. The quantitative estimate of drug-likeness (QED) is 0.695. The lowest BCUT2D eigenvalue weighted by Gasteiger charge is -2.29. The third-order valence-electron chi connectivity index (χ3n) is 5.30. The predicted molar refractivity (Wildman–Crippen MR) is 110 cm³/mol. The molecule has 1 aliphatic carbocycles. The summed E-state index contributed by atoms with van der Waals surface area (Å²) in [6.45, 7) is 3.83. The van der Waals surface area contributed by atoms with Crippen LogP contribution < -0.4 is 15.5 Å². The molecule has 1 aromatic carbocycles. The van der Waals surface area contributed by atoms with Gasteiger partial charge in [-0.05, 0) is 68.3 Å². The Morgan fingerprint density at radius 3 is 2.63 bits per heavy atom. The number of rotatable bonds is 7. The Bertz CT molecular complexity index is 741. The van der Waals surface area contributed by atoms with Crippen LogP contribution in [0.4, 0.5) is 11.8 Å². The minimum absolute atomic E-state index is 0.365. The van der Waals surface area contributed by atoms with E-state index in [1.165, 1.54) is 18.4 Å². The maximum Gasteiger partial charge on any atom is 0.224 e. The third-order valence-corrected chi connectivity index (χ3v) is 5.30. The smallest absolute Gasteiger partial charge is 0.224 e. The van der Waals surface area contributed by atoms with E-state index in [9.17, 15) is 5.11 Å². The molecule has 0 radical (unpaired) electrons. The van der Waals surface area contributed by atoms with Gasteiger partial charge in [-0.3, -0.25) is 0 Å². The first-order chi connectivity index (χ1) is 13.0. The van der Waals surface area contributed by atoms with E-state index >= 15 is 0 Å². The highest BCUT2D eigenvalue weighted by Gasteiger charge is 2.21. The van der Waals surface area contributed by atoms with Gasteiger partial charge in [-0.25, -0.2) is 4.98 Å².